The Bertz CT molecular complexity index is 825. The second kappa shape index (κ2) is 7.84. The molecular formula is C18H24N2O4S. The molecule has 6 nitrogen and oxygen atoms in total. The summed E-state index contributed by atoms with van der Waals surface area (Å²) in [7, 11) is -2.13. The topological polar surface area (TPSA) is 79.6 Å². The van der Waals surface area contributed by atoms with Crippen molar-refractivity contribution < 1.29 is 17.6 Å². The summed E-state index contributed by atoms with van der Waals surface area (Å²) < 4.78 is 31.9. The molecule has 1 aromatic heterocycles. The number of aryl methyl sites for hydroxylation is 1. The first kappa shape index (κ1) is 19.2. The largest absolute Gasteiger partial charge is 0.455 e. The SMILES string of the molecule is CC[C@@H](C)NC(=O)c1ccc(CN(C)S(=O)(=O)c2ccc(C)cc2)o1. The number of hydrogen-bond donors (Lipinski definition) is 1. The average Bonchev–Trinajstić information content (AvgIpc) is 3.03. The third-order valence-corrected chi connectivity index (χ3v) is 5.80. The molecule has 0 fully saturated rings. The third kappa shape index (κ3) is 4.70. The predicted molar refractivity (Wildman–Crippen MR) is 95.8 cm³/mol. The van der Waals surface area contributed by atoms with E-state index in [1.807, 2.05) is 20.8 Å². The van der Waals surface area contributed by atoms with Gasteiger partial charge in [0.25, 0.3) is 5.91 Å². The summed E-state index contributed by atoms with van der Waals surface area (Å²) in [5.41, 5.74) is 0.990. The van der Waals surface area contributed by atoms with Gasteiger partial charge in [-0.1, -0.05) is 24.6 Å². The Balaban J connectivity index is 2.09. The highest BCUT2D eigenvalue weighted by atomic mass is 32.2. The van der Waals surface area contributed by atoms with E-state index in [0.29, 0.717) is 5.76 Å². The quantitative estimate of drug-likeness (QED) is 0.819. The molecule has 2 rings (SSSR count). The molecule has 0 radical (unpaired) electrons. The Morgan fingerprint density at radius 1 is 1.20 bits per heavy atom. The molecule has 7 heteroatoms. The zero-order valence-corrected chi connectivity index (χ0v) is 15.8. The van der Waals surface area contributed by atoms with Gasteiger partial charge in [0, 0.05) is 13.1 Å². The molecule has 1 aromatic carbocycles. The Kier molecular flexibility index (Phi) is 6.02. The summed E-state index contributed by atoms with van der Waals surface area (Å²) in [6.07, 6.45) is 0.816. The number of carbonyl (C=O) groups is 1. The van der Waals surface area contributed by atoms with Crippen LogP contribution in [-0.2, 0) is 16.6 Å². The molecule has 0 spiro atoms. The smallest absolute Gasteiger partial charge is 0.287 e. The van der Waals surface area contributed by atoms with Crippen molar-refractivity contribution in [1.29, 1.82) is 0 Å². The summed E-state index contributed by atoms with van der Waals surface area (Å²) in [4.78, 5) is 12.3. The maximum atomic E-state index is 12.6. The van der Waals surface area contributed by atoms with Crippen molar-refractivity contribution in [1.82, 2.24) is 9.62 Å². The number of hydrogen-bond acceptors (Lipinski definition) is 4. The van der Waals surface area contributed by atoms with Gasteiger partial charge in [-0.15, -0.1) is 0 Å². The average molecular weight is 364 g/mol. The fourth-order valence-corrected chi connectivity index (χ4v) is 3.31. The highest BCUT2D eigenvalue weighted by molar-refractivity contribution is 7.89. The van der Waals surface area contributed by atoms with Gasteiger partial charge in [-0.3, -0.25) is 4.79 Å². The van der Waals surface area contributed by atoms with Gasteiger partial charge in [0.1, 0.15) is 5.76 Å². The van der Waals surface area contributed by atoms with E-state index in [2.05, 4.69) is 5.32 Å². The molecule has 0 aliphatic heterocycles. The van der Waals surface area contributed by atoms with E-state index in [0.717, 1.165) is 12.0 Å². The minimum absolute atomic E-state index is 0.0469. The molecule has 0 aliphatic rings. The van der Waals surface area contributed by atoms with Gasteiger partial charge in [0.2, 0.25) is 10.0 Å². The number of nitrogens with one attached hydrogen (secondary N) is 1. The highest BCUT2D eigenvalue weighted by Crippen LogP contribution is 2.18. The van der Waals surface area contributed by atoms with Crippen molar-refractivity contribution in [2.24, 2.45) is 0 Å². The van der Waals surface area contributed by atoms with E-state index in [-0.39, 0.29) is 29.1 Å². The summed E-state index contributed by atoms with van der Waals surface area (Å²) in [5.74, 6) is 0.286. The monoisotopic (exact) mass is 364 g/mol. The van der Waals surface area contributed by atoms with Crippen LogP contribution in [0.2, 0.25) is 0 Å². The number of benzene rings is 1. The standard InChI is InChI=1S/C18H24N2O4S/c1-5-14(3)19-18(21)17-11-8-15(24-17)12-20(4)25(22,23)16-9-6-13(2)7-10-16/h6-11,14H,5,12H2,1-4H3,(H,19,21)/t14-/m1/s1. The lowest BCUT2D eigenvalue weighted by Gasteiger charge is -2.16. The number of sulfonamides is 1. The van der Waals surface area contributed by atoms with Crippen LogP contribution in [0.4, 0.5) is 0 Å². The molecule has 1 atom stereocenters. The zero-order valence-electron chi connectivity index (χ0n) is 14.9. The molecule has 0 bridgehead atoms. The Morgan fingerprint density at radius 3 is 2.44 bits per heavy atom. The van der Waals surface area contributed by atoms with Crippen LogP contribution < -0.4 is 5.32 Å². The minimum Gasteiger partial charge on any atom is -0.455 e. The van der Waals surface area contributed by atoms with E-state index in [1.165, 1.54) is 11.4 Å². The normalized spacial score (nSPS) is 13.0. The van der Waals surface area contributed by atoms with Gasteiger partial charge in [-0.2, -0.15) is 4.31 Å². The summed E-state index contributed by atoms with van der Waals surface area (Å²) in [6, 6.07) is 9.88. The van der Waals surface area contributed by atoms with E-state index >= 15 is 0 Å². The number of furan rings is 1. The minimum atomic E-state index is -3.62. The van der Waals surface area contributed by atoms with Gasteiger partial charge in [0.05, 0.1) is 11.4 Å². The summed E-state index contributed by atoms with van der Waals surface area (Å²) in [6.45, 7) is 5.83. The second-order valence-electron chi connectivity index (χ2n) is 6.12. The fraction of sp³-hybridized carbons (Fsp3) is 0.389. The van der Waals surface area contributed by atoms with Crippen LogP contribution in [0.5, 0.6) is 0 Å². The van der Waals surface area contributed by atoms with Crippen molar-refractivity contribution in [3.8, 4) is 0 Å². The molecule has 0 saturated carbocycles. The lowest BCUT2D eigenvalue weighted by Crippen LogP contribution is -2.31. The Morgan fingerprint density at radius 2 is 1.84 bits per heavy atom. The maximum absolute atomic E-state index is 12.6. The molecule has 136 valence electrons. The molecule has 1 amide bonds. The number of nitrogens with zero attached hydrogens (tertiary/aromatic N) is 1. The Labute approximate surface area is 148 Å². The van der Waals surface area contributed by atoms with Crippen molar-refractivity contribution in [2.75, 3.05) is 7.05 Å². The molecule has 0 aliphatic carbocycles. The molecule has 1 N–H and O–H groups in total. The van der Waals surface area contributed by atoms with Crippen LogP contribution in [0.15, 0.2) is 45.7 Å². The zero-order chi connectivity index (χ0) is 18.6. The van der Waals surface area contributed by atoms with Gasteiger partial charge < -0.3 is 9.73 Å². The van der Waals surface area contributed by atoms with Gasteiger partial charge in [-0.05, 0) is 44.5 Å². The maximum Gasteiger partial charge on any atom is 0.287 e. The second-order valence-corrected chi connectivity index (χ2v) is 8.17. The third-order valence-electron chi connectivity index (χ3n) is 3.98. The first-order chi connectivity index (χ1) is 11.7. The fourth-order valence-electron chi connectivity index (χ4n) is 2.18. The lowest BCUT2D eigenvalue weighted by atomic mass is 10.2. The van der Waals surface area contributed by atoms with E-state index < -0.39 is 10.0 Å². The van der Waals surface area contributed by atoms with Crippen molar-refractivity contribution in [3.63, 3.8) is 0 Å². The van der Waals surface area contributed by atoms with Crippen LogP contribution in [0, 0.1) is 6.92 Å². The van der Waals surface area contributed by atoms with Crippen molar-refractivity contribution in [2.45, 2.75) is 44.7 Å². The van der Waals surface area contributed by atoms with E-state index in [4.69, 9.17) is 4.42 Å². The predicted octanol–water partition coefficient (Wildman–Crippen LogP) is 2.94. The summed E-state index contributed by atoms with van der Waals surface area (Å²) >= 11 is 0. The summed E-state index contributed by atoms with van der Waals surface area (Å²) in [5, 5.41) is 2.81. The van der Waals surface area contributed by atoms with E-state index in [9.17, 15) is 13.2 Å². The molecule has 0 saturated heterocycles. The molecular weight excluding hydrogens is 340 g/mol. The van der Waals surface area contributed by atoms with Crippen molar-refractivity contribution >= 4 is 15.9 Å². The van der Waals surface area contributed by atoms with Crippen LogP contribution in [-0.4, -0.2) is 31.7 Å². The van der Waals surface area contributed by atoms with Gasteiger partial charge in [-0.25, -0.2) is 8.42 Å². The molecule has 0 unspecified atom stereocenters. The van der Waals surface area contributed by atoms with E-state index in [1.54, 1.807) is 36.4 Å². The van der Waals surface area contributed by atoms with Gasteiger partial charge in [0.15, 0.2) is 5.76 Å². The Hall–Kier alpha value is -2.12. The first-order valence-electron chi connectivity index (χ1n) is 8.16. The van der Waals surface area contributed by atoms with Crippen LogP contribution >= 0.6 is 0 Å². The number of rotatable bonds is 7. The van der Waals surface area contributed by atoms with Crippen LogP contribution in [0.1, 0.15) is 42.1 Å². The number of carbonyl (C=O) groups excluding carboxylic acids is 1. The van der Waals surface area contributed by atoms with Crippen molar-refractivity contribution in [3.05, 3.63) is 53.5 Å². The van der Waals surface area contributed by atoms with Gasteiger partial charge >= 0.3 is 0 Å². The molecule has 2 aromatic rings. The van der Waals surface area contributed by atoms with Crippen LogP contribution in [0.3, 0.4) is 0 Å². The van der Waals surface area contributed by atoms with Crippen LogP contribution in [0.25, 0.3) is 0 Å². The molecule has 25 heavy (non-hydrogen) atoms. The number of amides is 1. The highest BCUT2D eigenvalue weighted by Gasteiger charge is 2.22. The lowest BCUT2D eigenvalue weighted by molar-refractivity contribution is 0.0909. The first-order valence-corrected chi connectivity index (χ1v) is 9.60. The molecule has 1 heterocycles.